The minimum atomic E-state index is -0.531. The maximum atomic E-state index is 10.8. The van der Waals surface area contributed by atoms with Gasteiger partial charge in [-0.3, -0.25) is 0 Å². The first-order valence-electron chi connectivity index (χ1n) is 4.59. The van der Waals surface area contributed by atoms with Crippen molar-refractivity contribution >= 4 is 34.8 Å². The van der Waals surface area contributed by atoms with Crippen molar-refractivity contribution in [1.82, 2.24) is 9.55 Å². The number of imidazole rings is 1. The number of benzene rings is 1. The van der Waals surface area contributed by atoms with Crippen molar-refractivity contribution in [1.29, 1.82) is 0 Å². The third-order valence-corrected chi connectivity index (χ3v) is 2.42. The van der Waals surface area contributed by atoms with Gasteiger partial charge in [-0.1, -0.05) is 28.7 Å². The van der Waals surface area contributed by atoms with Crippen LogP contribution in [0.5, 0.6) is 0 Å². The molecule has 0 bridgehead atoms. The van der Waals surface area contributed by atoms with Gasteiger partial charge in [-0.15, -0.1) is 0 Å². The third kappa shape index (κ3) is 1.55. The van der Waals surface area contributed by atoms with Crippen molar-refractivity contribution in [2.75, 3.05) is 0 Å². The topological polar surface area (TPSA) is 61.0 Å². The van der Waals surface area contributed by atoms with Gasteiger partial charge in [-0.2, -0.15) is 4.57 Å². The summed E-state index contributed by atoms with van der Waals surface area (Å²) in [5.74, 6) is -0.235. The molecule has 0 saturated carbocycles. The van der Waals surface area contributed by atoms with Crippen molar-refractivity contribution in [2.24, 2.45) is 0 Å². The molecule has 2 rings (SSSR count). The summed E-state index contributed by atoms with van der Waals surface area (Å²) in [6.45, 7) is 1.78. The second-order valence-electron chi connectivity index (χ2n) is 3.13. The summed E-state index contributed by atoms with van der Waals surface area (Å²) in [4.78, 5) is 14.2. The molecule has 0 radical (unpaired) electrons. The maximum Gasteiger partial charge on any atom is 0.440 e. The summed E-state index contributed by atoms with van der Waals surface area (Å²) in [6, 6.07) is 5.12. The average molecular weight is 238 g/mol. The van der Waals surface area contributed by atoms with Crippen LogP contribution in [0.1, 0.15) is 6.92 Å². The van der Waals surface area contributed by atoms with E-state index in [0.717, 1.165) is 0 Å². The van der Waals surface area contributed by atoms with Gasteiger partial charge in [0.2, 0.25) is 0 Å². The van der Waals surface area contributed by atoms with Gasteiger partial charge in [0.1, 0.15) is 0 Å². The Morgan fingerprint density at radius 3 is 2.94 bits per heavy atom. The largest absolute Gasteiger partial charge is 0.440 e. The van der Waals surface area contributed by atoms with Gasteiger partial charge >= 0.3 is 5.95 Å². The van der Waals surface area contributed by atoms with E-state index in [2.05, 4.69) is 4.98 Å². The number of hydrogen-bond acceptors (Lipinski definition) is 3. The number of fused-ring (bicyclic) bond motifs is 1. The molecular formula is C10H8ClN3O2. The number of nitrogens with zero attached hydrogens (tertiary/aromatic N) is 3. The highest BCUT2D eigenvalue weighted by molar-refractivity contribution is 6.35. The fourth-order valence-corrected chi connectivity index (χ4v) is 1.71. The molecule has 2 aromatic rings. The molecule has 0 amide bonds. The molecular weight excluding hydrogens is 230 g/mol. The number of allylic oxidation sites excluding steroid dienone is 1. The van der Waals surface area contributed by atoms with Gasteiger partial charge in [0, 0.05) is 0 Å². The van der Waals surface area contributed by atoms with E-state index >= 15 is 0 Å². The van der Waals surface area contributed by atoms with E-state index in [-0.39, 0.29) is 5.95 Å². The number of para-hydroxylation sites is 1. The van der Waals surface area contributed by atoms with E-state index in [1.807, 2.05) is 0 Å². The molecule has 0 atom stereocenters. The van der Waals surface area contributed by atoms with Crippen LogP contribution in [-0.4, -0.2) is 14.5 Å². The molecule has 82 valence electrons. The van der Waals surface area contributed by atoms with E-state index in [0.29, 0.717) is 16.1 Å². The first-order chi connectivity index (χ1) is 7.65. The molecule has 1 heterocycles. The molecule has 0 aliphatic rings. The molecule has 0 N–H and O–H groups in total. The summed E-state index contributed by atoms with van der Waals surface area (Å²) >= 11 is 5.92. The number of halogens is 1. The highest BCUT2D eigenvalue weighted by atomic mass is 35.5. The number of nitro groups is 1. The van der Waals surface area contributed by atoms with Crippen molar-refractivity contribution in [3.8, 4) is 0 Å². The van der Waals surface area contributed by atoms with Gasteiger partial charge in [0.05, 0.1) is 11.2 Å². The first kappa shape index (κ1) is 10.6. The Hall–Kier alpha value is -1.88. The second-order valence-corrected chi connectivity index (χ2v) is 3.54. The van der Waals surface area contributed by atoms with Crippen LogP contribution in [0.3, 0.4) is 0 Å². The lowest BCUT2D eigenvalue weighted by molar-refractivity contribution is -0.395. The molecule has 1 aromatic heterocycles. The molecule has 0 unspecified atom stereocenters. The fraction of sp³-hybridized carbons (Fsp3) is 0.100. The van der Waals surface area contributed by atoms with E-state index in [4.69, 9.17) is 11.6 Å². The van der Waals surface area contributed by atoms with Crippen molar-refractivity contribution < 1.29 is 4.92 Å². The van der Waals surface area contributed by atoms with Crippen molar-refractivity contribution in [2.45, 2.75) is 6.92 Å². The Morgan fingerprint density at radius 1 is 1.56 bits per heavy atom. The molecule has 0 spiro atoms. The van der Waals surface area contributed by atoms with E-state index in [1.54, 1.807) is 37.4 Å². The zero-order valence-corrected chi connectivity index (χ0v) is 9.18. The molecule has 0 saturated heterocycles. The smallest absolute Gasteiger partial charge is 0.390 e. The van der Waals surface area contributed by atoms with Crippen LogP contribution in [0, 0.1) is 10.1 Å². The van der Waals surface area contributed by atoms with Crippen LogP contribution in [0.15, 0.2) is 24.3 Å². The zero-order chi connectivity index (χ0) is 11.7. The van der Waals surface area contributed by atoms with Gasteiger partial charge in [0.15, 0.2) is 11.0 Å². The monoisotopic (exact) mass is 237 g/mol. The molecule has 6 heteroatoms. The van der Waals surface area contributed by atoms with Gasteiger partial charge in [0.25, 0.3) is 0 Å². The predicted molar refractivity (Wildman–Crippen MR) is 62.4 cm³/mol. The maximum absolute atomic E-state index is 10.8. The molecule has 0 aliphatic heterocycles. The number of aromatic nitrogens is 2. The Labute approximate surface area is 96.1 Å². The quantitative estimate of drug-likeness (QED) is 0.596. The van der Waals surface area contributed by atoms with Gasteiger partial charge in [-0.25, -0.2) is 0 Å². The van der Waals surface area contributed by atoms with E-state index in [1.165, 1.54) is 4.57 Å². The first-order valence-corrected chi connectivity index (χ1v) is 4.96. The van der Waals surface area contributed by atoms with Crippen LogP contribution < -0.4 is 0 Å². The van der Waals surface area contributed by atoms with Crippen LogP contribution >= 0.6 is 11.6 Å². The lowest BCUT2D eigenvalue weighted by Gasteiger charge is -1.94. The van der Waals surface area contributed by atoms with Crippen molar-refractivity contribution in [3.63, 3.8) is 0 Å². The Bertz CT molecular complexity index is 589. The van der Waals surface area contributed by atoms with Crippen molar-refractivity contribution in [3.05, 3.63) is 39.4 Å². The normalized spacial score (nSPS) is 11.4. The molecule has 1 aromatic carbocycles. The Morgan fingerprint density at radius 2 is 2.31 bits per heavy atom. The zero-order valence-electron chi connectivity index (χ0n) is 8.42. The lowest BCUT2D eigenvalue weighted by atomic mass is 10.3. The van der Waals surface area contributed by atoms with Crippen LogP contribution in [0.25, 0.3) is 17.2 Å². The highest BCUT2D eigenvalue weighted by Gasteiger charge is 2.21. The van der Waals surface area contributed by atoms with E-state index in [9.17, 15) is 10.1 Å². The van der Waals surface area contributed by atoms with E-state index < -0.39 is 4.92 Å². The van der Waals surface area contributed by atoms with Gasteiger partial charge < -0.3 is 10.1 Å². The third-order valence-electron chi connectivity index (χ3n) is 2.11. The molecule has 0 fully saturated rings. The minimum Gasteiger partial charge on any atom is -0.390 e. The minimum absolute atomic E-state index is 0.235. The van der Waals surface area contributed by atoms with Crippen LogP contribution in [-0.2, 0) is 0 Å². The van der Waals surface area contributed by atoms with Gasteiger partial charge in [-0.05, 0) is 24.0 Å². The number of rotatable bonds is 2. The molecule has 16 heavy (non-hydrogen) atoms. The molecule has 5 nitrogen and oxygen atoms in total. The molecule has 0 aliphatic carbocycles. The summed E-state index contributed by atoms with van der Waals surface area (Å²) < 4.78 is 1.40. The standard InChI is InChI=1S/C10H8ClN3O2/c1-2-6-13-8-5-3-4-7(11)9(8)12-10(13)14(15)16/h2-6H,1H3/b6-2+. The highest BCUT2D eigenvalue weighted by Crippen LogP contribution is 2.27. The Balaban J connectivity index is 2.86. The summed E-state index contributed by atoms with van der Waals surface area (Å²) in [5, 5.41) is 11.2. The number of hydrogen-bond donors (Lipinski definition) is 0. The predicted octanol–water partition coefficient (Wildman–Crippen LogP) is 3.09. The Kier molecular flexibility index (Phi) is 2.62. The van der Waals surface area contributed by atoms with Crippen LogP contribution in [0.4, 0.5) is 5.95 Å². The summed E-state index contributed by atoms with van der Waals surface area (Å²) in [6.07, 6.45) is 3.29. The summed E-state index contributed by atoms with van der Waals surface area (Å²) in [7, 11) is 0. The summed E-state index contributed by atoms with van der Waals surface area (Å²) in [5.41, 5.74) is 1.06. The lowest BCUT2D eigenvalue weighted by Crippen LogP contribution is -1.96. The SMILES string of the molecule is C/C=C/n1c([N+](=O)[O-])nc2c(Cl)cccc21. The fourth-order valence-electron chi connectivity index (χ4n) is 1.50. The average Bonchev–Trinajstić information content (AvgIpc) is 2.60. The van der Waals surface area contributed by atoms with Crippen LogP contribution in [0.2, 0.25) is 5.02 Å². The second kappa shape index (κ2) is 3.94.